The van der Waals surface area contributed by atoms with E-state index in [2.05, 4.69) is 10.3 Å². The summed E-state index contributed by atoms with van der Waals surface area (Å²) in [5.41, 5.74) is 2.74. The lowest BCUT2D eigenvalue weighted by atomic mass is 10.2. The second-order valence-corrected chi connectivity index (χ2v) is 8.85. The van der Waals surface area contributed by atoms with Crippen LogP contribution >= 0.6 is 23.4 Å². The molecule has 0 fully saturated rings. The highest BCUT2D eigenvalue weighted by Gasteiger charge is 2.18. The molecule has 34 heavy (non-hydrogen) atoms. The number of halogens is 1. The van der Waals surface area contributed by atoms with Crippen LogP contribution in [0.25, 0.3) is 27.6 Å². The number of fused-ring (bicyclic) bond motifs is 3. The van der Waals surface area contributed by atoms with Crippen molar-refractivity contribution in [1.29, 1.82) is 0 Å². The van der Waals surface area contributed by atoms with Crippen molar-refractivity contribution in [2.75, 3.05) is 18.2 Å². The minimum Gasteiger partial charge on any atom is -0.497 e. The lowest BCUT2D eigenvalue weighted by Gasteiger charge is -2.12. The number of hydrogen-bond donors (Lipinski definition) is 2. The number of anilines is 1. The Hall–Kier alpha value is -3.75. The third-order valence-corrected chi connectivity index (χ3v) is 6.44. The van der Waals surface area contributed by atoms with Crippen molar-refractivity contribution in [1.82, 2.24) is 14.5 Å². The fourth-order valence-electron chi connectivity index (χ4n) is 3.68. The van der Waals surface area contributed by atoms with Crippen LogP contribution in [0.3, 0.4) is 0 Å². The molecule has 0 atom stereocenters. The number of thioether (sulfide) groups is 1. The molecular formula is C25H19ClN4O3S. The van der Waals surface area contributed by atoms with Crippen molar-refractivity contribution in [3.05, 3.63) is 88.2 Å². The van der Waals surface area contributed by atoms with Crippen LogP contribution in [0.15, 0.2) is 82.7 Å². The maximum atomic E-state index is 13.5. The molecule has 2 N–H and O–H groups in total. The van der Waals surface area contributed by atoms with E-state index in [1.54, 1.807) is 55.6 Å². The van der Waals surface area contributed by atoms with Crippen LogP contribution in [0.2, 0.25) is 5.02 Å². The van der Waals surface area contributed by atoms with Gasteiger partial charge in [0.15, 0.2) is 5.16 Å². The largest absolute Gasteiger partial charge is 0.497 e. The van der Waals surface area contributed by atoms with E-state index in [0.29, 0.717) is 38.3 Å². The van der Waals surface area contributed by atoms with Crippen LogP contribution in [-0.4, -0.2) is 33.3 Å². The summed E-state index contributed by atoms with van der Waals surface area (Å²) in [4.78, 5) is 34.2. The van der Waals surface area contributed by atoms with Crippen molar-refractivity contribution in [3.63, 3.8) is 0 Å². The van der Waals surface area contributed by atoms with Gasteiger partial charge in [0.05, 0.1) is 18.6 Å². The van der Waals surface area contributed by atoms with Crippen LogP contribution in [0.5, 0.6) is 5.75 Å². The molecule has 2 heterocycles. The van der Waals surface area contributed by atoms with E-state index in [0.717, 1.165) is 10.9 Å². The quantitative estimate of drug-likeness (QED) is 0.250. The Morgan fingerprint density at radius 1 is 1.12 bits per heavy atom. The Balaban J connectivity index is 1.52. The normalized spacial score (nSPS) is 11.1. The first-order valence-corrected chi connectivity index (χ1v) is 11.8. The van der Waals surface area contributed by atoms with E-state index >= 15 is 0 Å². The Bertz CT molecular complexity index is 1580. The summed E-state index contributed by atoms with van der Waals surface area (Å²) in [6, 6.07) is 21.7. The zero-order chi connectivity index (χ0) is 23.7. The zero-order valence-corrected chi connectivity index (χ0v) is 19.6. The molecule has 0 saturated heterocycles. The SMILES string of the molecule is COc1ccc(NC(=O)CSc2nc3c([nH]c4ccccc43)c(=O)n2-c2cccc(Cl)c2)cc1. The molecule has 0 unspecified atom stereocenters. The molecule has 0 bridgehead atoms. The molecule has 0 aliphatic carbocycles. The van der Waals surface area contributed by atoms with Gasteiger partial charge in [0.1, 0.15) is 16.8 Å². The monoisotopic (exact) mass is 490 g/mol. The van der Waals surface area contributed by atoms with E-state index in [-0.39, 0.29) is 17.2 Å². The fraction of sp³-hybridized carbons (Fsp3) is 0.0800. The molecule has 7 nitrogen and oxygen atoms in total. The number of rotatable bonds is 6. The van der Waals surface area contributed by atoms with Gasteiger partial charge >= 0.3 is 0 Å². The number of aromatic nitrogens is 3. The van der Waals surface area contributed by atoms with Crippen molar-refractivity contribution in [3.8, 4) is 11.4 Å². The van der Waals surface area contributed by atoms with E-state index < -0.39 is 0 Å². The molecule has 0 radical (unpaired) electrons. The van der Waals surface area contributed by atoms with Gasteiger partial charge in [0, 0.05) is 21.6 Å². The Morgan fingerprint density at radius 2 is 1.91 bits per heavy atom. The van der Waals surface area contributed by atoms with Crippen LogP contribution < -0.4 is 15.6 Å². The standard InChI is InChI=1S/C25H19ClN4O3S/c1-33-18-11-9-16(10-12-18)27-21(31)14-34-25-29-22-19-7-2-3-8-20(19)28-23(22)24(32)30(25)17-6-4-5-15(26)13-17/h2-13,28H,14H2,1H3,(H,27,31). The van der Waals surface area contributed by atoms with Gasteiger partial charge in [-0.3, -0.25) is 14.2 Å². The minimum atomic E-state index is -0.262. The molecule has 0 aliphatic rings. The summed E-state index contributed by atoms with van der Waals surface area (Å²) in [6.07, 6.45) is 0. The number of nitrogens with zero attached hydrogens (tertiary/aromatic N) is 2. The molecule has 170 valence electrons. The van der Waals surface area contributed by atoms with Gasteiger partial charge in [-0.2, -0.15) is 0 Å². The second-order valence-electron chi connectivity index (χ2n) is 7.47. The number of H-pyrrole nitrogens is 1. The van der Waals surface area contributed by atoms with Gasteiger partial charge in [0.2, 0.25) is 5.91 Å². The minimum absolute atomic E-state index is 0.0624. The maximum Gasteiger partial charge on any atom is 0.283 e. The number of aromatic amines is 1. The van der Waals surface area contributed by atoms with Crippen LogP contribution in [0.4, 0.5) is 5.69 Å². The topological polar surface area (TPSA) is 89.0 Å². The molecular weight excluding hydrogens is 472 g/mol. The third kappa shape index (κ3) is 4.25. The van der Waals surface area contributed by atoms with Gasteiger partial charge in [-0.25, -0.2) is 4.98 Å². The number of carbonyl (C=O) groups excluding carboxylic acids is 1. The van der Waals surface area contributed by atoms with Crippen LogP contribution in [-0.2, 0) is 4.79 Å². The summed E-state index contributed by atoms with van der Waals surface area (Å²) in [7, 11) is 1.58. The predicted molar refractivity (Wildman–Crippen MR) is 137 cm³/mol. The number of amides is 1. The molecule has 0 spiro atoms. The van der Waals surface area contributed by atoms with Crippen LogP contribution in [0.1, 0.15) is 0 Å². The summed E-state index contributed by atoms with van der Waals surface area (Å²) in [5.74, 6) is 0.544. The zero-order valence-electron chi connectivity index (χ0n) is 18.0. The van der Waals surface area contributed by atoms with Crippen LogP contribution in [0, 0.1) is 0 Å². The molecule has 5 aromatic rings. The Morgan fingerprint density at radius 3 is 2.68 bits per heavy atom. The van der Waals surface area contributed by atoms with Gasteiger partial charge in [-0.05, 0) is 48.5 Å². The Labute approximate surface area is 203 Å². The molecule has 3 aromatic carbocycles. The maximum absolute atomic E-state index is 13.5. The van der Waals surface area contributed by atoms with E-state index in [1.165, 1.54) is 16.3 Å². The number of benzene rings is 3. The van der Waals surface area contributed by atoms with Gasteiger partial charge in [0.25, 0.3) is 5.56 Å². The smallest absolute Gasteiger partial charge is 0.283 e. The molecule has 1 amide bonds. The predicted octanol–water partition coefficient (Wildman–Crippen LogP) is 5.26. The summed E-state index contributed by atoms with van der Waals surface area (Å²) >= 11 is 7.38. The number of ether oxygens (including phenoxy) is 1. The number of methoxy groups -OCH3 is 1. The molecule has 9 heteroatoms. The highest BCUT2D eigenvalue weighted by Crippen LogP contribution is 2.27. The number of para-hydroxylation sites is 1. The van der Waals surface area contributed by atoms with Gasteiger partial charge in [-0.15, -0.1) is 0 Å². The van der Waals surface area contributed by atoms with Gasteiger partial charge in [-0.1, -0.05) is 47.6 Å². The molecule has 0 aliphatic heterocycles. The van der Waals surface area contributed by atoms with E-state index in [9.17, 15) is 9.59 Å². The van der Waals surface area contributed by atoms with E-state index in [4.69, 9.17) is 21.3 Å². The fourth-order valence-corrected chi connectivity index (χ4v) is 4.67. The summed E-state index contributed by atoms with van der Waals surface area (Å²) < 4.78 is 6.62. The average Bonchev–Trinajstić information content (AvgIpc) is 3.22. The number of carbonyl (C=O) groups is 1. The first kappa shape index (κ1) is 22.1. The number of nitrogens with one attached hydrogen (secondary N) is 2. The highest BCUT2D eigenvalue weighted by atomic mass is 35.5. The van der Waals surface area contributed by atoms with Gasteiger partial charge < -0.3 is 15.0 Å². The van der Waals surface area contributed by atoms with Crippen molar-refractivity contribution < 1.29 is 9.53 Å². The third-order valence-electron chi connectivity index (χ3n) is 5.27. The molecule has 0 saturated carbocycles. The highest BCUT2D eigenvalue weighted by molar-refractivity contribution is 7.99. The first-order valence-electron chi connectivity index (χ1n) is 10.4. The van der Waals surface area contributed by atoms with E-state index in [1.807, 2.05) is 24.3 Å². The van der Waals surface area contributed by atoms with Crippen molar-refractivity contribution in [2.45, 2.75) is 5.16 Å². The Kier molecular flexibility index (Phi) is 6.00. The second kappa shape index (κ2) is 9.24. The summed E-state index contributed by atoms with van der Waals surface area (Å²) in [6.45, 7) is 0. The molecule has 5 rings (SSSR count). The average molecular weight is 491 g/mol. The summed E-state index contributed by atoms with van der Waals surface area (Å²) in [5, 5.41) is 4.59. The molecule has 2 aromatic heterocycles. The lowest BCUT2D eigenvalue weighted by Crippen LogP contribution is -2.23. The first-order chi connectivity index (χ1) is 16.5. The number of hydrogen-bond acceptors (Lipinski definition) is 5. The van der Waals surface area contributed by atoms with Crippen molar-refractivity contribution >= 4 is 56.9 Å². The lowest BCUT2D eigenvalue weighted by molar-refractivity contribution is -0.113. The van der Waals surface area contributed by atoms with Crippen molar-refractivity contribution in [2.24, 2.45) is 0 Å².